The van der Waals surface area contributed by atoms with E-state index in [0.29, 0.717) is 6.42 Å². The first-order chi connectivity index (χ1) is 27.4. The number of primary amides is 3. The molecule has 2 fully saturated rings. The van der Waals surface area contributed by atoms with E-state index >= 15 is 0 Å². The summed E-state index contributed by atoms with van der Waals surface area (Å²) >= 11 is 0. The van der Waals surface area contributed by atoms with E-state index in [1.807, 2.05) is 0 Å². The average Bonchev–Trinajstić information content (AvgIpc) is 3.82. The number of hydrogen-bond donors (Lipinski definition) is 11. The number of amides is 10. The van der Waals surface area contributed by atoms with Gasteiger partial charge >= 0.3 is 11.9 Å². The van der Waals surface area contributed by atoms with Crippen LogP contribution in [0.3, 0.4) is 0 Å². The van der Waals surface area contributed by atoms with E-state index in [0.717, 1.165) is 16.7 Å². The van der Waals surface area contributed by atoms with E-state index in [1.54, 1.807) is 0 Å². The Morgan fingerprint density at radius 1 is 0.576 bits per heavy atom. The van der Waals surface area contributed by atoms with E-state index in [1.165, 1.54) is 13.8 Å². The van der Waals surface area contributed by atoms with Crippen molar-refractivity contribution < 1.29 is 67.7 Å². The number of aliphatic carboxylic acids is 2. The zero-order chi connectivity index (χ0) is 44.9. The van der Waals surface area contributed by atoms with Crippen LogP contribution in [0.25, 0.3) is 0 Å². The van der Waals surface area contributed by atoms with Crippen molar-refractivity contribution in [3.05, 3.63) is 0 Å². The van der Waals surface area contributed by atoms with Crippen molar-refractivity contribution in [3.8, 4) is 0 Å². The molecule has 2 rings (SSSR count). The normalized spacial score (nSPS) is 19.2. The summed E-state index contributed by atoms with van der Waals surface area (Å²) in [6, 6.07) is -11.9. The van der Waals surface area contributed by atoms with Crippen molar-refractivity contribution in [3.63, 3.8) is 0 Å². The second kappa shape index (κ2) is 21.9. The molecule has 0 aromatic carbocycles. The number of nitrogens with zero attached hydrogens (tertiary/aromatic N) is 2. The fourth-order valence-corrected chi connectivity index (χ4v) is 6.49. The minimum atomic E-state index is -1.76. The molecule has 15 N–H and O–H groups in total. The summed E-state index contributed by atoms with van der Waals surface area (Å²) in [4.78, 5) is 153. The summed E-state index contributed by atoms with van der Waals surface area (Å²) in [6.07, 6.45) is -2.30. The van der Waals surface area contributed by atoms with Gasteiger partial charge in [-0.25, -0.2) is 4.79 Å². The number of likely N-dealkylation sites (tertiary alicyclic amines) is 2. The van der Waals surface area contributed by atoms with E-state index in [4.69, 9.17) is 22.9 Å². The van der Waals surface area contributed by atoms with Crippen LogP contribution in [0.2, 0.25) is 0 Å². The highest BCUT2D eigenvalue weighted by atomic mass is 16.4. The van der Waals surface area contributed by atoms with Crippen molar-refractivity contribution in [1.82, 2.24) is 36.4 Å². The zero-order valence-electron chi connectivity index (χ0n) is 32.8. The molecule has 0 aliphatic carbocycles. The minimum absolute atomic E-state index is 0.00745. The Bertz CT molecular complexity index is 1690. The topological polar surface area (TPSA) is 416 Å². The Morgan fingerprint density at radius 2 is 1.05 bits per heavy atom. The lowest BCUT2D eigenvalue weighted by Gasteiger charge is -2.31. The summed E-state index contributed by atoms with van der Waals surface area (Å²) in [7, 11) is 0. The van der Waals surface area contributed by atoms with Gasteiger partial charge in [-0.3, -0.25) is 52.7 Å². The second-order valence-electron chi connectivity index (χ2n) is 14.6. The number of nitrogens with two attached hydrogens (primary N) is 4. The number of carbonyl (C=O) groups is 12. The van der Waals surface area contributed by atoms with Crippen molar-refractivity contribution in [1.29, 1.82) is 0 Å². The molecule has 0 aromatic rings. The molecule has 0 bridgehead atoms. The monoisotopic (exact) mass is 839 g/mol. The van der Waals surface area contributed by atoms with Gasteiger partial charge in [0.15, 0.2) is 0 Å². The first-order valence-electron chi connectivity index (χ1n) is 18.6. The molecule has 328 valence electrons. The molecule has 0 radical (unpaired) electrons. The van der Waals surface area contributed by atoms with Crippen LogP contribution in [0.5, 0.6) is 0 Å². The van der Waals surface area contributed by atoms with Crippen LogP contribution in [0.1, 0.15) is 72.1 Å². The first kappa shape index (κ1) is 48.7. The molecular weight excluding hydrogens is 786 g/mol. The Morgan fingerprint density at radius 3 is 1.54 bits per heavy atom. The average molecular weight is 840 g/mol. The van der Waals surface area contributed by atoms with Crippen LogP contribution in [0.4, 0.5) is 0 Å². The molecule has 0 aromatic heterocycles. The third kappa shape index (κ3) is 14.5. The maximum absolute atomic E-state index is 13.8. The maximum atomic E-state index is 13.8. The third-order valence-corrected chi connectivity index (χ3v) is 9.47. The molecule has 0 spiro atoms. The summed E-state index contributed by atoms with van der Waals surface area (Å²) in [5.41, 5.74) is 21.3. The van der Waals surface area contributed by atoms with E-state index < -0.39 is 151 Å². The van der Waals surface area contributed by atoms with Crippen LogP contribution in [-0.2, 0) is 57.5 Å². The molecule has 2 aliphatic heterocycles. The predicted octanol–water partition coefficient (Wildman–Crippen LogP) is -6.42. The number of nitrogens with one attached hydrogen (secondary N) is 5. The SMILES string of the molecule is CC(NC(=O)C(CC(N)=O)NC(=O)C1CCCN1C(=O)C(CC(=O)O)NC(=O)C(NC(=O)C(N)CC(N)=O)C(C)C)C(=O)NC(CC(N)=O)C(=O)N1CCCC1C(=O)O. The van der Waals surface area contributed by atoms with E-state index in [-0.39, 0.29) is 32.4 Å². The fraction of sp³-hybridized carbons (Fsp3) is 0.647. The predicted molar refractivity (Wildman–Crippen MR) is 199 cm³/mol. The standard InChI is InChI=1S/C34H53N11O14/c1-14(2)26(43-28(52)16(35)10-22(36)46)31(55)42-19(13-25(49)50)33(57)44-8-4-6-20(44)30(54)40-17(11-23(37)47)29(53)39-15(3)27(51)41-18(12-24(38)48)32(56)45-9-5-7-21(45)34(58)59/h14-21,26H,4-13,35H2,1-3H3,(H2,36,46)(H2,37,47)(H2,38,48)(H,39,53)(H,40,54)(H,41,51)(H,42,55)(H,43,52)(H,49,50)(H,58,59). The molecule has 2 heterocycles. The number of carboxylic acid groups (broad SMARTS) is 2. The van der Waals surface area contributed by atoms with Gasteiger partial charge in [0.1, 0.15) is 42.3 Å². The number of carboxylic acids is 2. The fourth-order valence-electron chi connectivity index (χ4n) is 6.49. The van der Waals surface area contributed by atoms with Crippen molar-refractivity contribution in [2.45, 2.75) is 120 Å². The molecule has 2 aliphatic rings. The highest BCUT2D eigenvalue weighted by Gasteiger charge is 2.42. The van der Waals surface area contributed by atoms with Gasteiger partial charge in [-0.1, -0.05) is 13.8 Å². The van der Waals surface area contributed by atoms with Crippen LogP contribution in [0, 0.1) is 5.92 Å². The van der Waals surface area contributed by atoms with Crippen LogP contribution < -0.4 is 49.5 Å². The van der Waals surface area contributed by atoms with Gasteiger partial charge in [0, 0.05) is 13.1 Å². The van der Waals surface area contributed by atoms with Gasteiger partial charge in [-0.2, -0.15) is 0 Å². The second-order valence-corrected chi connectivity index (χ2v) is 14.6. The molecule has 10 amide bonds. The molecule has 25 nitrogen and oxygen atoms in total. The molecule has 8 atom stereocenters. The molecular formula is C34H53N11O14. The van der Waals surface area contributed by atoms with E-state index in [2.05, 4.69) is 26.6 Å². The summed E-state index contributed by atoms with van der Waals surface area (Å²) in [5, 5.41) is 30.5. The Balaban J connectivity index is 2.21. The van der Waals surface area contributed by atoms with Gasteiger partial charge in [0.25, 0.3) is 0 Å². The van der Waals surface area contributed by atoms with Crippen molar-refractivity contribution in [2.75, 3.05) is 13.1 Å². The van der Waals surface area contributed by atoms with Crippen molar-refractivity contribution in [2.24, 2.45) is 28.9 Å². The van der Waals surface area contributed by atoms with Crippen LogP contribution in [0.15, 0.2) is 0 Å². The van der Waals surface area contributed by atoms with Crippen molar-refractivity contribution >= 4 is 71.0 Å². The lowest BCUT2D eigenvalue weighted by molar-refractivity contribution is -0.149. The molecule has 59 heavy (non-hydrogen) atoms. The van der Waals surface area contributed by atoms with Crippen LogP contribution in [-0.4, -0.2) is 152 Å². The third-order valence-electron chi connectivity index (χ3n) is 9.47. The Labute approximate surface area is 337 Å². The number of carbonyl (C=O) groups excluding carboxylic acids is 10. The number of hydrogen-bond acceptors (Lipinski definition) is 13. The maximum Gasteiger partial charge on any atom is 0.326 e. The highest BCUT2D eigenvalue weighted by Crippen LogP contribution is 2.21. The highest BCUT2D eigenvalue weighted by molar-refractivity contribution is 6.00. The smallest absolute Gasteiger partial charge is 0.326 e. The molecule has 8 unspecified atom stereocenters. The molecule has 25 heteroatoms. The van der Waals surface area contributed by atoms with Gasteiger partial charge in [0.2, 0.25) is 59.1 Å². The van der Waals surface area contributed by atoms with Gasteiger partial charge in [0.05, 0.1) is 31.7 Å². The lowest BCUT2D eigenvalue weighted by atomic mass is 10.0. The van der Waals surface area contributed by atoms with Crippen LogP contribution >= 0.6 is 0 Å². The Kier molecular flexibility index (Phi) is 18.1. The quantitative estimate of drug-likeness (QED) is 0.0483. The van der Waals surface area contributed by atoms with Gasteiger partial charge in [-0.15, -0.1) is 0 Å². The molecule has 2 saturated heterocycles. The van der Waals surface area contributed by atoms with Gasteiger partial charge in [-0.05, 0) is 38.5 Å². The number of rotatable bonds is 22. The zero-order valence-corrected chi connectivity index (χ0v) is 32.8. The largest absolute Gasteiger partial charge is 0.481 e. The lowest BCUT2D eigenvalue weighted by Crippen LogP contribution is -2.60. The summed E-state index contributed by atoms with van der Waals surface area (Å²) in [5.74, 6) is -13.3. The first-order valence-corrected chi connectivity index (χ1v) is 18.6. The van der Waals surface area contributed by atoms with E-state index in [9.17, 15) is 67.7 Å². The van der Waals surface area contributed by atoms with Gasteiger partial charge < -0.3 is 69.5 Å². The minimum Gasteiger partial charge on any atom is -0.481 e. The molecule has 0 saturated carbocycles. The summed E-state index contributed by atoms with van der Waals surface area (Å²) < 4.78 is 0. The summed E-state index contributed by atoms with van der Waals surface area (Å²) in [6.45, 7) is 4.15. The Hall–Kier alpha value is -6.40.